The number of hydrogen-bond acceptors (Lipinski definition) is 2. The molecule has 1 saturated heterocycles. The molecule has 150 valence electrons. The summed E-state index contributed by atoms with van der Waals surface area (Å²) >= 11 is 3.72. The van der Waals surface area contributed by atoms with Gasteiger partial charge >= 0.3 is 0 Å². The Hall–Kier alpha value is -1.16. The van der Waals surface area contributed by atoms with Gasteiger partial charge in [-0.25, -0.2) is 0 Å². The Morgan fingerprint density at radius 1 is 1.04 bits per heavy atom. The van der Waals surface area contributed by atoms with Gasteiger partial charge in [0.1, 0.15) is 6.23 Å². The van der Waals surface area contributed by atoms with Crippen LogP contribution in [0, 0.1) is 11.8 Å². The van der Waals surface area contributed by atoms with Crippen LogP contribution in [0.15, 0.2) is 59.1 Å². The first-order chi connectivity index (χ1) is 13.5. The van der Waals surface area contributed by atoms with Crippen molar-refractivity contribution in [3.05, 3.63) is 70.2 Å². The molecule has 0 amide bonds. The molecule has 28 heavy (non-hydrogen) atoms. The maximum Gasteiger partial charge on any atom is 0.137 e. The molecule has 1 aliphatic heterocycles. The first-order valence-corrected chi connectivity index (χ1v) is 11.5. The van der Waals surface area contributed by atoms with E-state index in [4.69, 9.17) is 4.74 Å². The number of benzene rings is 2. The number of rotatable bonds is 4. The van der Waals surface area contributed by atoms with Gasteiger partial charge in [-0.1, -0.05) is 77.8 Å². The first-order valence-electron chi connectivity index (χ1n) is 10.7. The van der Waals surface area contributed by atoms with E-state index in [0.717, 1.165) is 18.9 Å². The Bertz CT molecular complexity index is 790. The standard InChI is InChI=1S/C25H32BrNO/c1-18-13-14-21-23(17-18)28-24(20-10-5-4-6-11-20)27(25(21,2)3)16-15-19-9-7-8-12-22(19)26/h4-12,18,21,23-24H,13-17H2,1-3H3/t18-,21-,23-,24+/m1/s1. The maximum absolute atomic E-state index is 6.83. The highest BCUT2D eigenvalue weighted by atomic mass is 79.9. The molecular formula is C25H32BrNO. The summed E-state index contributed by atoms with van der Waals surface area (Å²) in [5, 5.41) is 0. The molecule has 2 fully saturated rings. The molecule has 0 radical (unpaired) electrons. The fraction of sp³-hybridized carbons (Fsp3) is 0.520. The molecule has 1 heterocycles. The predicted octanol–water partition coefficient (Wildman–Crippen LogP) is 6.61. The number of nitrogens with zero attached hydrogens (tertiary/aromatic N) is 1. The van der Waals surface area contributed by atoms with Gasteiger partial charge in [0.05, 0.1) is 6.10 Å². The number of halogens is 1. The minimum absolute atomic E-state index is 0.0326. The topological polar surface area (TPSA) is 12.5 Å². The third-order valence-corrected chi connectivity index (χ3v) is 7.73. The normalized spacial score (nSPS) is 30.0. The summed E-state index contributed by atoms with van der Waals surface area (Å²) < 4.78 is 8.03. The highest BCUT2D eigenvalue weighted by molar-refractivity contribution is 9.10. The SMILES string of the molecule is C[C@@H]1CC[C@@H]2[C@@H](C1)O[C@@H](c1ccccc1)N(CCc1ccccc1Br)C2(C)C. The molecule has 1 saturated carbocycles. The number of hydrogen-bond donors (Lipinski definition) is 0. The summed E-state index contributed by atoms with van der Waals surface area (Å²) in [6.07, 6.45) is 5.20. The lowest BCUT2D eigenvalue weighted by atomic mass is 9.69. The molecule has 2 nitrogen and oxygen atoms in total. The van der Waals surface area contributed by atoms with E-state index in [1.165, 1.54) is 34.9 Å². The minimum atomic E-state index is 0.0326. The van der Waals surface area contributed by atoms with Crippen LogP contribution in [-0.2, 0) is 11.2 Å². The summed E-state index contributed by atoms with van der Waals surface area (Å²) in [6.45, 7) is 8.26. The molecule has 0 spiro atoms. The van der Waals surface area contributed by atoms with Crippen LogP contribution in [0.1, 0.15) is 57.4 Å². The van der Waals surface area contributed by atoms with Crippen molar-refractivity contribution < 1.29 is 4.74 Å². The van der Waals surface area contributed by atoms with Crippen LogP contribution in [0.3, 0.4) is 0 Å². The quantitative estimate of drug-likeness (QED) is 0.529. The van der Waals surface area contributed by atoms with Gasteiger partial charge in [0, 0.05) is 22.5 Å². The van der Waals surface area contributed by atoms with Crippen molar-refractivity contribution in [2.45, 2.75) is 64.3 Å². The molecule has 3 heteroatoms. The minimum Gasteiger partial charge on any atom is -0.355 e. The molecule has 2 aromatic carbocycles. The Balaban J connectivity index is 1.64. The molecule has 0 bridgehead atoms. The largest absolute Gasteiger partial charge is 0.355 e. The molecule has 2 aromatic rings. The van der Waals surface area contributed by atoms with Crippen LogP contribution in [-0.4, -0.2) is 23.1 Å². The summed E-state index contributed by atoms with van der Waals surface area (Å²) in [7, 11) is 0. The predicted molar refractivity (Wildman–Crippen MR) is 119 cm³/mol. The van der Waals surface area contributed by atoms with E-state index in [9.17, 15) is 0 Å². The second-order valence-electron chi connectivity index (χ2n) is 9.15. The highest BCUT2D eigenvalue weighted by Crippen LogP contribution is 2.48. The summed E-state index contributed by atoms with van der Waals surface area (Å²) in [4.78, 5) is 2.62. The van der Waals surface area contributed by atoms with Crippen molar-refractivity contribution >= 4 is 15.9 Å². The fourth-order valence-electron chi connectivity index (χ4n) is 5.27. The lowest BCUT2D eigenvalue weighted by Crippen LogP contribution is -2.61. The van der Waals surface area contributed by atoms with Crippen LogP contribution >= 0.6 is 15.9 Å². The van der Waals surface area contributed by atoms with Crippen molar-refractivity contribution in [1.82, 2.24) is 4.90 Å². The molecule has 0 N–H and O–H groups in total. The second-order valence-corrected chi connectivity index (χ2v) is 10.0. The van der Waals surface area contributed by atoms with Crippen molar-refractivity contribution in [3.8, 4) is 0 Å². The molecular weight excluding hydrogens is 410 g/mol. The Labute approximate surface area is 178 Å². The third kappa shape index (κ3) is 3.94. The number of fused-ring (bicyclic) bond motifs is 1. The summed E-state index contributed by atoms with van der Waals surface area (Å²) in [5.41, 5.74) is 2.76. The summed E-state index contributed by atoms with van der Waals surface area (Å²) in [6, 6.07) is 19.4. The van der Waals surface area contributed by atoms with Crippen molar-refractivity contribution in [1.29, 1.82) is 0 Å². The monoisotopic (exact) mass is 441 g/mol. The molecule has 2 aliphatic rings. The zero-order valence-corrected chi connectivity index (χ0v) is 18.9. The van der Waals surface area contributed by atoms with Gasteiger partial charge in [0.25, 0.3) is 0 Å². The van der Waals surface area contributed by atoms with Crippen molar-refractivity contribution in [2.24, 2.45) is 11.8 Å². The van der Waals surface area contributed by atoms with Crippen LogP contribution in [0.2, 0.25) is 0 Å². The zero-order chi connectivity index (χ0) is 19.7. The summed E-state index contributed by atoms with van der Waals surface area (Å²) in [5.74, 6) is 1.36. The average Bonchev–Trinajstić information content (AvgIpc) is 2.68. The Morgan fingerprint density at radius 3 is 2.50 bits per heavy atom. The highest BCUT2D eigenvalue weighted by Gasteiger charge is 2.50. The fourth-order valence-corrected chi connectivity index (χ4v) is 5.75. The molecule has 0 unspecified atom stereocenters. The van der Waals surface area contributed by atoms with E-state index in [2.05, 4.69) is 96.2 Å². The van der Waals surface area contributed by atoms with Gasteiger partial charge < -0.3 is 4.74 Å². The zero-order valence-electron chi connectivity index (χ0n) is 17.3. The van der Waals surface area contributed by atoms with E-state index in [-0.39, 0.29) is 11.8 Å². The average molecular weight is 442 g/mol. The van der Waals surface area contributed by atoms with E-state index in [0.29, 0.717) is 12.0 Å². The maximum atomic E-state index is 6.83. The third-order valence-electron chi connectivity index (χ3n) is 6.95. The lowest BCUT2D eigenvalue weighted by Gasteiger charge is -2.57. The lowest BCUT2D eigenvalue weighted by molar-refractivity contribution is -0.236. The van der Waals surface area contributed by atoms with E-state index in [1.807, 2.05) is 0 Å². The second kappa shape index (κ2) is 8.30. The van der Waals surface area contributed by atoms with Crippen LogP contribution in [0.4, 0.5) is 0 Å². The first kappa shape index (κ1) is 20.1. The molecule has 0 aromatic heterocycles. The van der Waals surface area contributed by atoms with E-state index in [1.54, 1.807) is 0 Å². The van der Waals surface area contributed by atoms with Gasteiger partial charge in [-0.15, -0.1) is 0 Å². The smallest absolute Gasteiger partial charge is 0.137 e. The Morgan fingerprint density at radius 2 is 1.75 bits per heavy atom. The van der Waals surface area contributed by atoms with Gasteiger partial charge in [0.15, 0.2) is 0 Å². The number of ether oxygens (including phenoxy) is 1. The van der Waals surface area contributed by atoms with Gasteiger partial charge in [0.2, 0.25) is 0 Å². The molecule has 4 atom stereocenters. The molecule has 1 aliphatic carbocycles. The van der Waals surface area contributed by atoms with Gasteiger partial charge in [-0.05, 0) is 56.2 Å². The van der Waals surface area contributed by atoms with Crippen LogP contribution < -0.4 is 0 Å². The van der Waals surface area contributed by atoms with Crippen molar-refractivity contribution in [3.63, 3.8) is 0 Å². The van der Waals surface area contributed by atoms with Gasteiger partial charge in [-0.3, -0.25) is 4.90 Å². The molecule has 4 rings (SSSR count). The Kier molecular flexibility index (Phi) is 5.96. The van der Waals surface area contributed by atoms with Crippen LogP contribution in [0.25, 0.3) is 0 Å². The van der Waals surface area contributed by atoms with Crippen molar-refractivity contribution in [2.75, 3.05) is 6.54 Å². The van der Waals surface area contributed by atoms with E-state index < -0.39 is 0 Å². The van der Waals surface area contributed by atoms with Crippen LogP contribution in [0.5, 0.6) is 0 Å². The van der Waals surface area contributed by atoms with Gasteiger partial charge in [-0.2, -0.15) is 0 Å². The van der Waals surface area contributed by atoms with E-state index >= 15 is 0 Å².